The summed E-state index contributed by atoms with van der Waals surface area (Å²) in [5.74, 6) is 0.417. The quantitative estimate of drug-likeness (QED) is 0.591. The minimum Gasteiger partial charge on any atom is -0.265 e. The molecule has 0 aliphatic rings. The molecule has 0 saturated carbocycles. The lowest BCUT2D eigenvalue weighted by atomic mass is 10.0. The summed E-state index contributed by atoms with van der Waals surface area (Å²) in [6.45, 7) is 0. The van der Waals surface area contributed by atoms with Gasteiger partial charge in [-0.25, -0.2) is 4.98 Å². The van der Waals surface area contributed by atoms with Crippen LogP contribution >= 0.6 is 23.2 Å². The summed E-state index contributed by atoms with van der Waals surface area (Å²) in [4.78, 5) is 8.01. The number of alkyl halides is 1. The Morgan fingerprint density at radius 3 is 2.47 bits per heavy atom. The Bertz CT molecular complexity index is 457. The molecule has 0 amide bonds. The van der Waals surface area contributed by atoms with Crippen LogP contribution in [0.1, 0.15) is 5.56 Å². The summed E-state index contributed by atoms with van der Waals surface area (Å²) in [5.41, 5.74) is 2.85. The fourth-order valence-electron chi connectivity index (χ4n) is 1.41. The third-order valence-electron chi connectivity index (χ3n) is 2.10. The van der Waals surface area contributed by atoms with E-state index in [2.05, 4.69) is 9.97 Å². The fourth-order valence-corrected chi connectivity index (χ4v) is 1.92. The van der Waals surface area contributed by atoms with Crippen molar-refractivity contribution in [2.24, 2.45) is 0 Å². The van der Waals surface area contributed by atoms with Crippen molar-refractivity contribution in [2.45, 2.75) is 5.88 Å². The van der Waals surface area contributed by atoms with Crippen molar-refractivity contribution in [3.05, 3.63) is 47.5 Å². The van der Waals surface area contributed by atoms with Gasteiger partial charge >= 0.3 is 0 Å². The number of hydrogen-bond acceptors (Lipinski definition) is 2. The molecule has 0 N–H and O–H groups in total. The molecular weight excluding hydrogens is 231 g/mol. The summed E-state index contributed by atoms with van der Waals surface area (Å²) in [6.07, 6.45) is 5.10. The summed E-state index contributed by atoms with van der Waals surface area (Å²) in [6, 6.07) is 5.65. The third-order valence-corrected chi connectivity index (χ3v) is 2.68. The van der Waals surface area contributed by atoms with Crippen LogP contribution < -0.4 is 0 Å². The van der Waals surface area contributed by atoms with Gasteiger partial charge in [-0.05, 0) is 29.3 Å². The predicted molar refractivity (Wildman–Crippen MR) is 62.0 cm³/mol. The number of aromatic nitrogens is 2. The zero-order valence-corrected chi connectivity index (χ0v) is 9.33. The second-order valence-electron chi connectivity index (χ2n) is 3.01. The first-order valence-electron chi connectivity index (χ1n) is 4.42. The van der Waals surface area contributed by atoms with Crippen LogP contribution in [0.5, 0.6) is 0 Å². The number of nitrogens with zero attached hydrogens (tertiary/aromatic N) is 2. The van der Waals surface area contributed by atoms with Gasteiger partial charge in [0.1, 0.15) is 5.15 Å². The zero-order chi connectivity index (χ0) is 10.7. The highest BCUT2D eigenvalue weighted by Gasteiger charge is 2.09. The molecule has 4 heteroatoms. The molecule has 0 fully saturated rings. The Labute approximate surface area is 97.9 Å². The first-order chi connectivity index (χ1) is 7.33. The van der Waals surface area contributed by atoms with Crippen molar-refractivity contribution in [3.63, 3.8) is 0 Å². The molecule has 0 radical (unpaired) electrons. The largest absolute Gasteiger partial charge is 0.265 e. The maximum Gasteiger partial charge on any atom is 0.137 e. The Morgan fingerprint density at radius 1 is 1.07 bits per heavy atom. The summed E-state index contributed by atoms with van der Waals surface area (Å²) < 4.78 is 0. The average molecular weight is 239 g/mol. The molecule has 0 aliphatic heterocycles. The van der Waals surface area contributed by atoms with Gasteiger partial charge in [0.25, 0.3) is 0 Å². The van der Waals surface area contributed by atoms with E-state index in [1.165, 1.54) is 0 Å². The molecule has 2 heterocycles. The standard InChI is InChI=1S/C11H8Cl2N2/c12-7-9-3-6-15-11(13)10(9)8-1-4-14-5-2-8/h1-6H,7H2. The van der Waals surface area contributed by atoms with Crippen molar-refractivity contribution < 1.29 is 0 Å². The van der Waals surface area contributed by atoms with Gasteiger partial charge in [0, 0.05) is 30.0 Å². The molecule has 2 rings (SSSR count). The lowest BCUT2D eigenvalue weighted by Crippen LogP contribution is -1.90. The van der Waals surface area contributed by atoms with E-state index in [4.69, 9.17) is 23.2 Å². The lowest BCUT2D eigenvalue weighted by molar-refractivity contribution is 1.26. The molecule has 0 bridgehead atoms. The Kier molecular flexibility index (Phi) is 3.19. The van der Waals surface area contributed by atoms with Crippen molar-refractivity contribution >= 4 is 23.2 Å². The monoisotopic (exact) mass is 238 g/mol. The normalized spacial score (nSPS) is 10.3. The average Bonchev–Trinajstić information content (AvgIpc) is 2.29. The van der Waals surface area contributed by atoms with Crippen LogP contribution in [0.3, 0.4) is 0 Å². The van der Waals surface area contributed by atoms with Crippen LogP contribution in [0.4, 0.5) is 0 Å². The van der Waals surface area contributed by atoms with E-state index in [0.717, 1.165) is 16.7 Å². The van der Waals surface area contributed by atoms with E-state index in [0.29, 0.717) is 11.0 Å². The molecule has 0 aliphatic carbocycles. The second kappa shape index (κ2) is 4.60. The molecule has 2 nitrogen and oxygen atoms in total. The van der Waals surface area contributed by atoms with Crippen molar-refractivity contribution in [3.8, 4) is 11.1 Å². The first kappa shape index (κ1) is 10.4. The van der Waals surface area contributed by atoms with E-state index in [9.17, 15) is 0 Å². The van der Waals surface area contributed by atoms with E-state index >= 15 is 0 Å². The molecule has 0 atom stereocenters. The maximum atomic E-state index is 6.05. The smallest absolute Gasteiger partial charge is 0.137 e. The SMILES string of the molecule is ClCc1ccnc(Cl)c1-c1ccncc1. The molecule has 0 unspecified atom stereocenters. The summed E-state index contributed by atoms with van der Waals surface area (Å²) in [7, 11) is 0. The molecular formula is C11H8Cl2N2. The van der Waals surface area contributed by atoms with Crippen LogP contribution in [-0.4, -0.2) is 9.97 Å². The van der Waals surface area contributed by atoms with E-state index in [-0.39, 0.29) is 0 Å². The van der Waals surface area contributed by atoms with Gasteiger partial charge in [-0.3, -0.25) is 4.98 Å². The van der Waals surface area contributed by atoms with E-state index < -0.39 is 0 Å². The van der Waals surface area contributed by atoms with E-state index in [1.807, 2.05) is 18.2 Å². The molecule has 0 spiro atoms. The summed E-state index contributed by atoms with van der Waals surface area (Å²) >= 11 is 11.9. The highest BCUT2D eigenvalue weighted by atomic mass is 35.5. The van der Waals surface area contributed by atoms with Crippen LogP contribution in [0.25, 0.3) is 11.1 Å². The number of pyridine rings is 2. The highest BCUT2D eigenvalue weighted by Crippen LogP contribution is 2.30. The Morgan fingerprint density at radius 2 is 1.80 bits per heavy atom. The van der Waals surface area contributed by atoms with Crippen LogP contribution in [0.2, 0.25) is 5.15 Å². The second-order valence-corrected chi connectivity index (χ2v) is 3.63. The van der Waals surface area contributed by atoms with Crippen molar-refractivity contribution in [1.29, 1.82) is 0 Å². The Hall–Kier alpha value is -1.12. The first-order valence-corrected chi connectivity index (χ1v) is 5.34. The number of hydrogen-bond donors (Lipinski definition) is 0. The van der Waals surface area contributed by atoms with Crippen LogP contribution in [-0.2, 0) is 5.88 Å². The molecule has 0 aromatic carbocycles. The van der Waals surface area contributed by atoms with Gasteiger partial charge in [0.15, 0.2) is 0 Å². The number of halogens is 2. The van der Waals surface area contributed by atoms with Crippen LogP contribution in [0, 0.1) is 0 Å². The molecule has 76 valence electrons. The van der Waals surface area contributed by atoms with E-state index in [1.54, 1.807) is 18.6 Å². The van der Waals surface area contributed by atoms with Gasteiger partial charge in [-0.1, -0.05) is 11.6 Å². The highest BCUT2D eigenvalue weighted by molar-refractivity contribution is 6.32. The topological polar surface area (TPSA) is 25.8 Å². The third kappa shape index (κ3) is 2.11. The van der Waals surface area contributed by atoms with Gasteiger partial charge in [0.05, 0.1) is 0 Å². The van der Waals surface area contributed by atoms with Gasteiger partial charge in [0.2, 0.25) is 0 Å². The van der Waals surface area contributed by atoms with Gasteiger partial charge in [-0.15, -0.1) is 11.6 Å². The predicted octanol–water partition coefficient (Wildman–Crippen LogP) is 3.54. The molecule has 2 aromatic heterocycles. The fraction of sp³-hybridized carbons (Fsp3) is 0.0909. The lowest BCUT2D eigenvalue weighted by Gasteiger charge is -2.07. The molecule has 15 heavy (non-hydrogen) atoms. The van der Waals surface area contributed by atoms with Crippen molar-refractivity contribution in [1.82, 2.24) is 9.97 Å². The molecule has 2 aromatic rings. The minimum absolute atomic E-state index is 0.417. The molecule has 0 saturated heterocycles. The maximum absolute atomic E-state index is 6.05. The summed E-state index contributed by atoms with van der Waals surface area (Å²) in [5, 5.41) is 0.472. The minimum atomic E-state index is 0.417. The van der Waals surface area contributed by atoms with Crippen LogP contribution in [0.15, 0.2) is 36.8 Å². The van der Waals surface area contributed by atoms with Gasteiger partial charge < -0.3 is 0 Å². The zero-order valence-electron chi connectivity index (χ0n) is 7.82. The number of rotatable bonds is 2. The Balaban J connectivity index is 2.61. The van der Waals surface area contributed by atoms with Gasteiger partial charge in [-0.2, -0.15) is 0 Å². The van der Waals surface area contributed by atoms with Crippen molar-refractivity contribution in [2.75, 3.05) is 0 Å².